The van der Waals surface area contributed by atoms with E-state index < -0.39 is 0 Å². The number of nitrogens with two attached hydrogens (primary N) is 1. The van der Waals surface area contributed by atoms with Gasteiger partial charge in [-0.3, -0.25) is 0 Å². The van der Waals surface area contributed by atoms with Crippen LogP contribution in [0.3, 0.4) is 0 Å². The zero-order chi connectivity index (χ0) is 12.3. The van der Waals surface area contributed by atoms with Crippen molar-refractivity contribution in [2.24, 2.45) is 5.73 Å². The average molecular weight is 231 g/mol. The van der Waals surface area contributed by atoms with Gasteiger partial charge >= 0.3 is 0 Å². The van der Waals surface area contributed by atoms with E-state index in [9.17, 15) is 0 Å². The van der Waals surface area contributed by atoms with Crippen molar-refractivity contribution < 1.29 is 4.74 Å². The zero-order valence-corrected chi connectivity index (χ0v) is 10.5. The third-order valence-corrected chi connectivity index (χ3v) is 3.23. The molecule has 0 bridgehead atoms. The summed E-state index contributed by atoms with van der Waals surface area (Å²) in [6, 6.07) is 8.21. The Morgan fingerprint density at radius 2 is 2.12 bits per heavy atom. The predicted octanol–water partition coefficient (Wildman–Crippen LogP) is 3.07. The molecule has 2 rings (SSSR count). The van der Waals surface area contributed by atoms with Crippen LogP contribution in [0.4, 0.5) is 0 Å². The van der Waals surface area contributed by atoms with Crippen LogP contribution in [0.5, 0.6) is 5.75 Å². The van der Waals surface area contributed by atoms with E-state index in [1.54, 1.807) is 0 Å². The van der Waals surface area contributed by atoms with Crippen molar-refractivity contribution in [2.75, 3.05) is 6.61 Å². The standard InChI is InChI=1S/C15H21NO/c1-12(2)11-17-14-6-4-3-5-13(14)7-8-15(16)9-10-15/h3-6H,1,7-11,16H2,2H3. The molecule has 0 aromatic heterocycles. The van der Waals surface area contributed by atoms with Crippen LogP contribution in [-0.2, 0) is 6.42 Å². The van der Waals surface area contributed by atoms with Crippen LogP contribution < -0.4 is 10.5 Å². The first-order valence-electron chi connectivity index (χ1n) is 6.23. The summed E-state index contributed by atoms with van der Waals surface area (Å²) in [7, 11) is 0. The highest BCUT2D eigenvalue weighted by atomic mass is 16.5. The van der Waals surface area contributed by atoms with Crippen LogP contribution in [0.2, 0.25) is 0 Å². The fourth-order valence-electron chi connectivity index (χ4n) is 1.85. The Hall–Kier alpha value is -1.28. The van der Waals surface area contributed by atoms with Crippen molar-refractivity contribution in [3.8, 4) is 5.75 Å². The van der Waals surface area contributed by atoms with Gasteiger partial charge in [-0.2, -0.15) is 0 Å². The normalized spacial score (nSPS) is 16.6. The average Bonchev–Trinajstić information content (AvgIpc) is 3.03. The summed E-state index contributed by atoms with van der Waals surface area (Å²) in [5.41, 5.74) is 8.52. The van der Waals surface area contributed by atoms with Crippen LogP contribution in [0, 0.1) is 0 Å². The van der Waals surface area contributed by atoms with Gasteiger partial charge in [0.05, 0.1) is 0 Å². The van der Waals surface area contributed by atoms with Gasteiger partial charge in [-0.05, 0) is 49.8 Å². The minimum atomic E-state index is 0.113. The van der Waals surface area contributed by atoms with Crippen LogP contribution >= 0.6 is 0 Å². The number of benzene rings is 1. The van der Waals surface area contributed by atoms with E-state index in [0.717, 1.165) is 24.2 Å². The predicted molar refractivity (Wildman–Crippen MR) is 71.2 cm³/mol. The van der Waals surface area contributed by atoms with Crippen LogP contribution in [0.1, 0.15) is 31.7 Å². The molecule has 1 aliphatic carbocycles. The van der Waals surface area contributed by atoms with Crippen molar-refractivity contribution in [3.05, 3.63) is 42.0 Å². The quantitative estimate of drug-likeness (QED) is 0.764. The van der Waals surface area contributed by atoms with Gasteiger partial charge in [-0.1, -0.05) is 24.8 Å². The molecule has 92 valence electrons. The molecule has 1 fully saturated rings. The molecule has 1 aromatic rings. The molecule has 0 unspecified atom stereocenters. The summed E-state index contributed by atoms with van der Waals surface area (Å²) in [6.45, 7) is 6.41. The maximum absolute atomic E-state index is 6.11. The maximum atomic E-state index is 6.11. The molecule has 0 spiro atoms. The largest absolute Gasteiger partial charge is 0.489 e. The van der Waals surface area contributed by atoms with Crippen molar-refractivity contribution in [2.45, 2.75) is 38.1 Å². The number of para-hydroxylation sites is 1. The highest BCUT2D eigenvalue weighted by molar-refractivity contribution is 5.34. The Morgan fingerprint density at radius 3 is 2.76 bits per heavy atom. The van der Waals surface area contributed by atoms with E-state index in [1.165, 1.54) is 18.4 Å². The van der Waals surface area contributed by atoms with Crippen molar-refractivity contribution in [1.82, 2.24) is 0 Å². The van der Waals surface area contributed by atoms with Gasteiger partial charge < -0.3 is 10.5 Å². The second kappa shape index (κ2) is 4.92. The van der Waals surface area contributed by atoms with Gasteiger partial charge in [0.2, 0.25) is 0 Å². The molecular formula is C15H21NO. The maximum Gasteiger partial charge on any atom is 0.122 e. The lowest BCUT2D eigenvalue weighted by atomic mass is 10.0. The van der Waals surface area contributed by atoms with Gasteiger partial charge in [0.15, 0.2) is 0 Å². The van der Waals surface area contributed by atoms with E-state index >= 15 is 0 Å². The number of hydrogen-bond acceptors (Lipinski definition) is 2. The summed E-state index contributed by atoms with van der Waals surface area (Å²) in [6.07, 6.45) is 4.40. The molecule has 2 nitrogen and oxygen atoms in total. The van der Waals surface area contributed by atoms with E-state index in [2.05, 4.69) is 18.7 Å². The fraction of sp³-hybridized carbons (Fsp3) is 0.467. The van der Waals surface area contributed by atoms with Gasteiger partial charge in [0, 0.05) is 5.54 Å². The van der Waals surface area contributed by atoms with Gasteiger partial charge in [0.1, 0.15) is 12.4 Å². The minimum Gasteiger partial charge on any atom is -0.489 e. The second-order valence-electron chi connectivity index (χ2n) is 5.22. The summed E-state index contributed by atoms with van der Waals surface area (Å²) < 4.78 is 5.74. The minimum absolute atomic E-state index is 0.113. The Balaban J connectivity index is 1.96. The van der Waals surface area contributed by atoms with Crippen LogP contribution in [-0.4, -0.2) is 12.1 Å². The lowest BCUT2D eigenvalue weighted by Gasteiger charge is -2.13. The van der Waals surface area contributed by atoms with Crippen molar-refractivity contribution in [1.29, 1.82) is 0 Å². The smallest absolute Gasteiger partial charge is 0.122 e. The van der Waals surface area contributed by atoms with E-state index in [4.69, 9.17) is 10.5 Å². The summed E-state index contributed by atoms with van der Waals surface area (Å²) in [4.78, 5) is 0. The SMILES string of the molecule is C=C(C)COc1ccccc1CCC1(N)CC1. The Bertz CT molecular complexity index is 407. The number of rotatable bonds is 6. The summed E-state index contributed by atoms with van der Waals surface area (Å²) >= 11 is 0. The zero-order valence-electron chi connectivity index (χ0n) is 10.5. The Labute approximate surface area is 103 Å². The monoisotopic (exact) mass is 231 g/mol. The summed E-state index contributed by atoms with van der Waals surface area (Å²) in [5, 5.41) is 0. The molecule has 1 aromatic carbocycles. The molecule has 0 heterocycles. The second-order valence-corrected chi connectivity index (χ2v) is 5.22. The molecule has 1 aliphatic rings. The molecule has 2 N–H and O–H groups in total. The Kier molecular flexibility index (Phi) is 3.53. The third-order valence-electron chi connectivity index (χ3n) is 3.23. The van der Waals surface area contributed by atoms with E-state index in [0.29, 0.717) is 6.61 Å². The topological polar surface area (TPSA) is 35.2 Å². The van der Waals surface area contributed by atoms with E-state index in [1.807, 2.05) is 19.1 Å². The first kappa shape index (κ1) is 12.2. The third kappa shape index (κ3) is 3.60. The molecule has 0 radical (unpaired) electrons. The molecule has 1 saturated carbocycles. The van der Waals surface area contributed by atoms with Crippen molar-refractivity contribution in [3.63, 3.8) is 0 Å². The van der Waals surface area contributed by atoms with Gasteiger partial charge in [0.25, 0.3) is 0 Å². The molecule has 0 atom stereocenters. The molecular weight excluding hydrogens is 210 g/mol. The highest BCUT2D eigenvalue weighted by Crippen LogP contribution is 2.37. The number of aryl methyl sites for hydroxylation is 1. The Morgan fingerprint density at radius 1 is 1.41 bits per heavy atom. The number of hydrogen-bond donors (Lipinski definition) is 1. The molecule has 0 aliphatic heterocycles. The van der Waals surface area contributed by atoms with Crippen LogP contribution in [0.25, 0.3) is 0 Å². The van der Waals surface area contributed by atoms with Crippen LogP contribution in [0.15, 0.2) is 36.4 Å². The number of ether oxygens (including phenoxy) is 1. The lowest BCUT2D eigenvalue weighted by Crippen LogP contribution is -2.22. The first-order chi connectivity index (χ1) is 8.09. The highest BCUT2D eigenvalue weighted by Gasteiger charge is 2.37. The molecule has 17 heavy (non-hydrogen) atoms. The molecule has 0 amide bonds. The van der Waals surface area contributed by atoms with Gasteiger partial charge in [-0.15, -0.1) is 0 Å². The fourth-order valence-corrected chi connectivity index (χ4v) is 1.85. The first-order valence-corrected chi connectivity index (χ1v) is 6.23. The summed E-state index contributed by atoms with van der Waals surface area (Å²) in [5.74, 6) is 0.972. The molecule has 0 saturated heterocycles. The van der Waals surface area contributed by atoms with Crippen molar-refractivity contribution >= 4 is 0 Å². The van der Waals surface area contributed by atoms with Gasteiger partial charge in [-0.25, -0.2) is 0 Å². The molecule has 2 heteroatoms. The van der Waals surface area contributed by atoms with E-state index in [-0.39, 0.29) is 5.54 Å². The lowest BCUT2D eigenvalue weighted by molar-refractivity contribution is 0.348.